The lowest BCUT2D eigenvalue weighted by Crippen LogP contribution is -2.38. The Morgan fingerprint density at radius 1 is 1.29 bits per heavy atom. The fourth-order valence-electron chi connectivity index (χ4n) is 2.46. The molecule has 1 saturated heterocycles. The minimum Gasteiger partial charge on any atom is -0.494 e. The number of nitrogens with zero attached hydrogens (tertiary/aromatic N) is 1. The van der Waals surface area contributed by atoms with Crippen molar-refractivity contribution in [2.75, 3.05) is 46.0 Å². The van der Waals surface area contributed by atoms with Crippen LogP contribution in [0.15, 0.2) is 30.3 Å². The normalized spacial score (nSPS) is 15.5. The Hall–Kier alpha value is -1.85. The summed E-state index contributed by atoms with van der Waals surface area (Å²) in [5, 5.41) is 2.92. The molecule has 1 aliphatic heterocycles. The standard InChI is InChI=1S/C19H28N2O3/c1-2-14-24-18-7-4-17(5-8-18)6-9-19(22)20-10-3-11-21-12-15-23-16-13-21/h4-9H,2-3,10-16H2,1H3,(H,20,22)/b9-6+. The van der Waals surface area contributed by atoms with Crippen molar-refractivity contribution in [3.63, 3.8) is 0 Å². The van der Waals surface area contributed by atoms with Crippen LogP contribution in [0.2, 0.25) is 0 Å². The van der Waals surface area contributed by atoms with Gasteiger partial charge in [0, 0.05) is 25.7 Å². The molecule has 0 bridgehead atoms. The molecule has 132 valence electrons. The zero-order valence-corrected chi connectivity index (χ0v) is 14.5. The van der Waals surface area contributed by atoms with Crippen molar-refractivity contribution in [2.24, 2.45) is 0 Å². The fourth-order valence-corrected chi connectivity index (χ4v) is 2.46. The smallest absolute Gasteiger partial charge is 0.243 e. The van der Waals surface area contributed by atoms with Gasteiger partial charge in [-0.3, -0.25) is 9.69 Å². The van der Waals surface area contributed by atoms with Crippen LogP contribution in [0.4, 0.5) is 0 Å². The molecular weight excluding hydrogens is 304 g/mol. The predicted molar refractivity (Wildman–Crippen MR) is 96.1 cm³/mol. The molecule has 0 unspecified atom stereocenters. The molecule has 0 saturated carbocycles. The van der Waals surface area contributed by atoms with Crippen molar-refractivity contribution in [3.8, 4) is 5.75 Å². The van der Waals surface area contributed by atoms with Gasteiger partial charge in [0.05, 0.1) is 19.8 Å². The van der Waals surface area contributed by atoms with Gasteiger partial charge in [0.2, 0.25) is 5.91 Å². The average Bonchev–Trinajstić information content (AvgIpc) is 2.63. The second kappa shape index (κ2) is 10.8. The zero-order valence-electron chi connectivity index (χ0n) is 14.5. The third-order valence-corrected chi connectivity index (χ3v) is 3.83. The summed E-state index contributed by atoms with van der Waals surface area (Å²) in [6.45, 7) is 8.13. The quantitative estimate of drug-likeness (QED) is 0.557. The summed E-state index contributed by atoms with van der Waals surface area (Å²) < 4.78 is 10.9. The van der Waals surface area contributed by atoms with Gasteiger partial charge in [-0.15, -0.1) is 0 Å². The number of rotatable bonds is 9. The van der Waals surface area contributed by atoms with Gasteiger partial charge in [0.1, 0.15) is 5.75 Å². The highest BCUT2D eigenvalue weighted by molar-refractivity contribution is 5.91. The molecule has 24 heavy (non-hydrogen) atoms. The van der Waals surface area contributed by atoms with Crippen LogP contribution < -0.4 is 10.1 Å². The van der Waals surface area contributed by atoms with Crippen LogP contribution in [-0.4, -0.2) is 56.8 Å². The average molecular weight is 332 g/mol. The van der Waals surface area contributed by atoms with Gasteiger partial charge in [-0.05, 0) is 43.2 Å². The van der Waals surface area contributed by atoms with E-state index in [0.29, 0.717) is 6.54 Å². The summed E-state index contributed by atoms with van der Waals surface area (Å²) in [6, 6.07) is 7.76. The van der Waals surface area contributed by atoms with Gasteiger partial charge in [-0.2, -0.15) is 0 Å². The van der Waals surface area contributed by atoms with Crippen LogP contribution in [0.5, 0.6) is 5.75 Å². The van der Waals surface area contributed by atoms with Crippen molar-refractivity contribution >= 4 is 12.0 Å². The number of hydrogen-bond acceptors (Lipinski definition) is 4. The number of morpholine rings is 1. The van der Waals surface area contributed by atoms with E-state index in [0.717, 1.165) is 63.6 Å². The van der Waals surface area contributed by atoms with E-state index in [-0.39, 0.29) is 5.91 Å². The first-order chi connectivity index (χ1) is 11.8. The van der Waals surface area contributed by atoms with E-state index >= 15 is 0 Å². The third-order valence-electron chi connectivity index (χ3n) is 3.83. The lowest BCUT2D eigenvalue weighted by atomic mass is 10.2. The minimum atomic E-state index is -0.0525. The summed E-state index contributed by atoms with van der Waals surface area (Å²) in [5.74, 6) is 0.810. The number of benzene rings is 1. The molecule has 1 amide bonds. The van der Waals surface area contributed by atoms with Crippen molar-refractivity contribution in [1.29, 1.82) is 0 Å². The minimum absolute atomic E-state index is 0.0525. The Labute approximate surface area is 144 Å². The summed E-state index contributed by atoms with van der Waals surface area (Å²) in [6.07, 6.45) is 5.36. The van der Waals surface area contributed by atoms with E-state index in [1.807, 2.05) is 30.3 Å². The van der Waals surface area contributed by atoms with Crippen LogP contribution in [0, 0.1) is 0 Å². The van der Waals surface area contributed by atoms with E-state index in [1.54, 1.807) is 6.08 Å². The SMILES string of the molecule is CCCOc1ccc(/C=C/C(=O)NCCCN2CCOCC2)cc1. The lowest BCUT2D eigenvalue weighted by molar-refractivity contribution is -0.116. The molecule has 5 heteroatoms. The highest BCUT2D eigenvalue weighted by Crippen LogP contribution is 2.13. The highest BCUT2D eigenvalue weighted by atomic mass is 16.5. The van der Waals surface area contributed by atoms with Crippen molar-refractivity contribution < 1.29 is 14.3 Å². The molecule has 0 aromatic heterocycles. The molecular formula is C19H28N2O3. The number of hydrogen-bond donors (Lipinski definition) is 1. The Kier molecular flexibility index (Phi) is 8.35. The lowest BCUT2D eigenvalue weighted by Gasteiger charge is -2.26. The third kappa shape index (κ3) is 7.15. The highest BCUT2D eigenvalue weighted by Gasteiger charge is 2.09. The van der Waals surface area contributed by atoms with Gasteiger partial charge in [-0.1, -0.05) is 19.1 Å². The van der Waals surface area contributed by atoms with Crippen LogP contribution in [0.1, 0.15) is 25.3 Å². The molecule has 0 aliphatic carbocycles. The summed E-state index contributed by atoms with van der Waals surface area (Å²) in [4.78, 5) is 14.2. The molecule has 1 heterocycles. The Morgan fingerprint density at radius 3 is 2.75 bits per heavy atom. The largest absolute Gasteiger partial charge is 0.494 e. The van der Waals surface area contributed by atoms with Gasteiger partial charge in [0.15, 0.2) is 0 Å². The second-order valence-corrected chi connectivity index (χ2v) is 5.85. The summed E-state index contributed by atoms with van der Waals surface area (Å²) in [7, 11) is 0. The Morgan fingerprint density at radius 2 is 2.04 bits per heavy atom. The zero-order chi connectivity index (χ0) is 17.0. The second-order valence-electron chi connectivity index (χ2n) is 5.85. The number of amides is 1. The monoisotopic (exact) mass is 332 g/mol. The molecule has 1 aromatic rings. The molecule has 0 spiro atoms. The number of ether oxygens (including phenoxy) is 2. The molecule has 2 rings (SSSR count). The topological polar surface area (TPSA) is 50.8 Å². The van der Waals surface area contributed by atoms with Gasteiger partial charge in [-0.25, -0.2) is 0 Å². The van der Waals surface area contributed by atoms with E-state index in [4.69, 9.17) is 9.47 Å². The molecule has 1 N–H and O–H groups in total. The number of nitrogens with one attached hydrogen (secondary N) is 1. The van der Waals surface area contributed by atoms with E-state index < -0.39 is 0 Å². The van der Waals surface area contributed by atoms with Crippen LogP contribution >= 0.6 is 0 Å². The van der Waals surface area contributed by atoms with Crippen LogP contribution in [0.25, 0.3) is 6.08 Å². The van der Waals surface area contributed by atoms with E-state index in [2.05, 4.69) is 17.1 Å². The van der Waals surface area contributed by atoms with Gasteiger partial charge in [0.25, 0.3) is 0 Å². The maximum absolute atomic E-state index is 11.8. The molecule has 5 nitrogen and oxygen atoms in total. The Bertz CT molecular complexity index is 508. The molecule has 0 radical (unpaired) electrons. The maximum Gasteiger partial charge on any atom is 0.243 e. The predicted octanol–water partition coefficient (Wildman–Crippen LogP) is 2.33. The summed E-state index contributed by atoms with van der Waals surface area (Å²) >= 11 is 0. The first-order valence-electron chi connectivity index (χ1n) is 8.77. The van der Waals surface area contributed by atoms with Gasteiger partial charge >= 0.3 is 0 Å². The van der Waals surface area contributed by atoms with Crippen LogP contribution in [-0.2, 0) is 9.53 Å². The van der Waals surface area contributed by atoms with Gasteiger partial charge < -0.3 is 14.8 Å². The Balaban J connectivity index is 1.63. The number of carbonyl (C=O) groups excluding carboxylic acids is 1. The maximum atomic E-state index is 11.8. The fraction of sp³-hybridized carbons (Fsp3) is 0.526. The van der Waals surface area contributed by atoms with Crippen molar-refractivity contribution in [1.82, 2.24) is 10.2 Å². The first-order valence-corrected chi connectivity index (χ1v) is 8.77. The first kappa shape index (κ1) is 18.5. The number of carbonyl (C=O) groups is 1. The molecule has 1 aliphatic rings. The molecule has 0 atom stereocenters. The van der Waals surface area contributed by atoms with Crippen molar-refractivity contribution in [2.45, 2.75) is 19.8 Å². The van der Waals surface area contributed by atoms with E-state index in [9.17, 15) is 4.79 Å². The van der Waals surface area contributed by atoms with Crippen molar-refractivity contribution in [3.05, 3.63) is 35.9 Å². The molecule has 1 aromatic carbocycles. The van der Waals surface area contributed by atoms with Crippen LogP contribution in [0.3, 0.4) is 0 Å². The summed E-state index contributed by atoms with van der Waals surface area (Å²) in [5.41, 5.74) is 0.988. The molecule has 1 fully saturated rings. The van der Waals surface area contributed by atoms with E-state index in [1.165, 1.54) is 0 Å².